The lowest BCUT2D eigenvalue weighted by molar-refractivity contribution is -0.137. The van der Waals surface area contributed by atoms with Crippen LogP contribution in [0.1, 0.15) is 41.9 Å². The lowest BCUT2D eigenvalue weighted by Crippen LogP contribution is -2.36. The number of benzene rings is 1. The highest BCUT2D eigenvalue weighted by Gasteiger charge is 2.35. The number of fused-ring (bicyclic) bond motifs is 1. The number of halogens is 3. The second-order valence-corrected chi connectivity index (χ2v) is 9.41. The van der Waals surface area contributed by atoms with Crippen LogP contribution in [0.15, 0.2) is 42.9 Å². The molecule has 1 fully saturated rings. The molecule has 1 saturated heterocycles. The van der Waals surface area contributed by atoms with Crippen LogP contribution in [0.4, 0.5) is 18.9 Å². The predicted octanol–water partition coefficient (Wildman–Crippen LogP) is 4.94. The number of hydrogen-bond acceptors (Lipinski definition) is 5. The fourth-order valence-electron chi connectivity index (χ4n) is 4.46. The zero-order valence-electron chi connectivity index (χ0n) is 19.0. The van der Waals surface area contributed by atoms with Crippen molar-refractivity contribution in [3.05, 3.63) is 59.7 Å². The Morgan fingerprint density at radius 1 is 1.09 bits per heavy atom. The maximum atomic E-state index is 13.6. The highest BCUT2D eigenvalue weighted by molar-refractivity contribution is 6.02. The molecule has 0 saturated carbocycles. The first-order valence-corrected chi connectivity index (χ1v) is 11.3. The molecular formula is C25H25F3N4O2. The van der Waals surface area contributed by atoms with Gasteiger partial charge in [0.1, 0.15) is 12.1 Å². The van der Waals surface area contributed by atoms with Crippen LogP contribution in [0, 0.1) is 5.41 Å². The van der Waals surface area contributed by atoms with Gasteiger partial charge in [-0.3, -0.25) is 9.36 Å². The van der Waals surface area contributed by atoms with Crippen molar-refractivity contribution in [1.82, 2.24) is 14.5 Å². The van der Waals surface area contributed by atoms with Crippen LogP contribution in [0.3, 0.4) is 0 Å². The maximum absolute atomic E-state index is 13.6. The number of nitrogens with zero attached hydrogens (tertiary/aromatic N) is 4. The molecule has 0 spiro atoms. The van der Waals surface area contributed by atoms with Crippen LogP contribution in [0.2, 0.25) is 0 Å². The molecule has 1 aliphatic heterocycles. The largest absolute Gasteiger partial charge is 0.416 e. The minimum atomic E-state index is -4.47. The van der Waals surface area contributed by atoms with E-state index in [4.69, 9.17) is 4.74 Å². The number of alkyl halides is 3. The molecule has 178 valence electrons. The van der Waals surface area contributed by atoms with Crippen LogP contribution in [0.5, 0.6) is 0 Å². The quantitative estimate of drug-likeness (QED) is 0.543. The Bertz CT molecular complexity index is 1240. The van der Waals surface area contributed by atoms with Crippen LogP contribution in [0.25, 0.3) is 17.1 Å². The number of Topliss-reactive ketones (excluding diaryl/α,β-unsaturated/α-hetero) is 1. The van der Waals surface area contributed by atoms with E-state index in [2.05, 4.69) is 9.97 Å². The van der Waals surface area contributed by atoms with Crippen molar-refractivity contribution in [3.8, 4) is 17.1 Å². The summed E-state index contributed by atoms with van der Waals surface area (Å²) in [5, 5.41) is 0. The summed E-state index contributed by atoms with van der Waals surface area (Å²) < 4.78 is 47.9. The van der Waals surface area contributed by atoms with E-state index in [-0.39, 0.29) is 5.78 Å². The number of rotatable bonds is 3. The molecule has 1 aliphatic carbocycles. The van der Waals surface area contributed by atoms with Crippen molar-refractivity contribution >= 4 is 11.5 Å². The molecule has 0 radical (unpaired) electrons. The van der Waals surface area contributed by atoms with Gasteiger partial charge in [0, 0.05) is 41.5 Å². The van der Waals surface area contributed by atoms with Gasteiger partial charge in [0.25, 0.3) is 0 Å². The van der Waals surface area contributed by atoms with E-state index in [1.54, 1.807) is 29.0 Å². The number of imidazole rings is 1. The Morgan fingerprint density at radius 2 is 1.85 bits per heavy atom. The maximum Gasteiger partial charge on any atom is 0.416 e. The number of carbonyl (C=O) groups is 1. The summed E-state index contributed by atoms with van der Waals surface area (Å²) >= 11 is 0. The van der Waals surface area contributed by atoms with Gasteiger partial charge < -0.3 is 9.64 Å². The van der Waals surface area contributed by atoms with E-state index in [9.17, 15) is 18.0 Å². The molecular weight excluding hydrogens is 445 g/mol. The summed E-state index contributed by atoms with van der Waals surface area (Å²) in [7, 11) is 0. The molecule has 9 heteroatoms. The minimum Gasteiger partial charge on any atom is -0.378 e. The standard InChI is InChI=1S/C25H25F3N4O2/c1-24(2)6-5-20-19(23(24)33)3-4-22(30-20)32-14-21(29-15-32)16-11-17(25(26,27)28)13-18(12-16)31-7-9-34-10-8-31/h3-4,11-15H,5-10H2,1-2H3. The first-order chi connectivity index (χ1) is 16.1. The van der Waals surface area contributed by atoms with Crippen LogP contribution in [-0.2, 0) is 17.3 Å². The summed E-state index contributed by atoms with van der Waals surface area (Å²) in [5.41, 5.74) is 1.55. The third-order valence-corrected chi connectivity index (χ3v) is 6.57. The normalized spacial score (nSPS) is 18.1. The van der Waals surface area contributed by atoms with Crippen molar-refractivity contribution in [3.63, 3.8) is 0 Å². The molecule has 0 bridgehead atoms. The lowest BCUT2D eigenvalue weighted by atomic mass is 9.75. The van der Waals surface area contributed by atoms with Gasteiger partial charge in [0.15, 0.2) is 5.78 Å². The van der Waals surface area contributed by atoms with E-state index < -0.39 is 17.2 Å². The van der Waals surface area contributed by atoms with E-state index in [1.165, 1.54) is 12.4 Å². The molecule has 34 heavy (non-hydrogen) atoms. The van der Waals surface area contributed by atoms with Gasteiger partial charge in [0.2, 0.25) is 0 Å². The molecule has 5 rings (SSSR count). The highest BCUT2D eigenvalue weighted by Crippen LogP contribution is 2.37. The zero-order valence-corrected chi connectivity index (χ0v) is 19.0. The molecule has 3 aromatic rings. The van der Waals surface area contributed by atoms with E-state index in [0.717, 1.165) is 18.2 Å². The third kappa shape index (κ3) is 4.20. The topological polar surface area (TPSA) is 60.3 Å². The highest BCUT2D eigenvalue weighted by atomic mass is 19.4. The number of hydrogen-bond donors (Lipinski definition) is 0. The Balaban J connectivity index is 1.50. The van der Waals surface area contributed by atoms with Gasteiger partial charge in [-0.2, -0.15) is 13.2 Å². The van der Waals surface area contributed by atoms with Gasteiger partial charge in [0.05, 0.1) is 30.2 Å². The predicted molar refractivity (Wildman–Crippen MR) is 121 cm³/mol. The van der Waals surface area contributed by atoms with Crippen LogP contribution >= 0.6 is 0 Å². The molecule has 0 atom stereocenters. The van der Waals surface area contributed by atoms with Crippen molar-refractivity contribution < 1.29 is 22.7 Å². The average Bonchev–Trinajstić information content (AvgIpc) is 3.32. The molecule has 0 amide bonds. The summed E-state index contributed by atoms with van der Waals surface area (Å²) in [6.07, 6.45) is 0.147. The minimum absolute atomic E-state index is 0.0822. The van der Waals surface area contributed by atoms with E-state index in [1.807, 2.05) is 18.7 Å². The molecule has 2 aliphatic rings. The van der Waals surface area contributed by atoms with Crippen LogP contribution < -0.4 is 4.90 Å². The number of pyridine rings is 1. The van der Waals surface area contributed by atoms with E-state index >= 15 is 0 Å². The second-order valence-electron chi connectivity index (χ2n) is 9.41. The van der Waals surface area contributed by atoms with E-state index in [0.29, 0.717) is 61.1 Å². The molecule has 6 nitrogen and oxygen atoms in total. The number of ketones is 1. The number of anilines is 1. The molecule has 3 heterocycles. The van der Waals surface area contributed by atoms with Gasteiger partial charge in [-0.15, -0.1) is 0 Å². The Hall–Kier alpha value is -3.20. The zero-order chi connectivity index (χ0) is 24.1. The number of carbonyl (C=O) groups excluding carboxylic acids is 1. The van der Waals surface area contributed by atoms with Crippen molar-refractivity contribution in [2.75, 3.05) is 31.2 Å². The van der Waals surface area contributed by atoms with Gasteiger partial charge in [-0.05, 0) is 43.2 Å². The molecule has 2 aromatic heterocycles. The fraction of sp³-hybridized carbons (Fsp3) is 0.400. The number of aromatic nitrogens is 3. The smallest absolute Gasteiger partial charge is 0.378 e. The number of ether oxygens (including phenoxy) is 1. The summed E-state index contributed by atoms with van der Waals surface area (Å²) in [5.74, 6) is 0.657. The van der Waals surface area contributed by atoms with Crippen LogP contribution in [-0.4, -0.2) is 46.6 Å². The molecule has 0 unspecified atom stereocenters. The Labute approximate surface area is 195 Å². The number of morpholine rings is 1. The summed E-state index contributed by atoms with van der Waals surface area (Å²) in [6, 6.07) is 7.55. The average molecular weight is 470 g/mol. The third-order valence-electron chi connectivity index (χ3n) is 6.57. The fourth-order valence-corrected chi connectivity index (χ4v) is 4.46. The first kappa shape index (κ1) is 22.6. The molecule has 1 aromatic carbocycles. The Kier molecular flexibility index (Phi) is 5.47. The van der Waals surface area contributed by atoms with Gasteiger partial charge in [-0.1, -0.05) is 13.8 Å². The van der Waals surface area contributed by atoms with Gasteiger partial charge in [-0.25, -0.2) is 9.97 Å². The monoisotopic (exact) mass is 470 g/mol. The second kappa shape index (κ2) is 8.23. The van der Waals surface area contributed by atoms with Crippen molar-refractivity contribution in [1.29, 1.82) is 0 Å². The summed E-state index contributed by atoms with van der Waals surface area (Å²) in [6.45, 7) is 5.89. The van der Waals surface area contributed by atoms with Gasteiger partial charge >= 0.3 is 6.18 Å². The summed E-state index contributed by atoms with van der Waals surface area (Å²) in [4.78, 5) is 23.6. The lowest BCUT2D eigenvalue weighted by Gasteiger charge is -2.29. The van der Waals surface area contributed by atoms with Crippen molar-refractivity contribution in [2.24, 2.45) is 5.41 Å². The molecule has 0 N–H and O–H groups in total. The SMILES string of the molecule is CC1(C)CCc2nc(-n3cnc(-c4cc(N5CCOCC5)cc(C(F)(F)F)c4)c3)ccc2C1=O. The Morgan fingerprint density at radius 3 is 2.59 bits per heavy atom. The van der Waals surface area contributed by atoms with Crippen molar-refractivity contribution in [2.45, 2.75) is 32.9 Å². The number of aryl methyl sites for hydroxylation is 1. The first-order valence-electron chi connectivity index (χ1n) is 11.3.